The summed E-state index contributed by atoms with van der Waals surface area (Å²) in [6, 6.07) is 16.1. The van der Waals surface area contributed by atoms with E-state index >= 15 is 0 Å². The summed E-state index contributed by atoms with van der Waals surface area (Å²) in [5, 5.41) is 4.79. The summed E-state index contributed by atoms with van der Waals surface area (Å²) < 4.78 is 20.0. The molecule has 8 heteroatoms. The topological polar surface area (TPSA) is 50.7 Å². The third-order valence-electron chi connectivity index (χ3n) is 3.84. The summed E-state index contributed by atoms with van der Waals surface area (Å²) in [5.74, 6) is -0.329. The van der Waals surface area contributed by atoms with Crippen LogP contribution in [0.1, 0.15) is 21.5 Å². The zero-order valence-corrected chi connectivity index (χ0v) is 17.9. The molecule has 0 unspecified atom stereocenters. The molecule has 0 saturated carbocycles. The molecule has 0 aromatic heterocycles. The van der Waals surface area contributed by atoms with E-state index in [1.807, 2.05) is 0 Å². The fourth-order valence-corrected chi connectivity index (χ4v) is 3.50. The van der Waals surface area contributed by atoms with Crippen molar-refractivity contribution in [2.24, 2.45) is 5.10 Å². The summed E-state index contributed by atoms with van der Waals surface area (Å²) >= 11 is 15.5. The summed E-state index contributed by atoms with van der Waals surface area (Å²) in [6.07, 6.45) is 1.45. The molecule has 148 valence electrons. The maximum Gasteiger partial charge on any atom is 0.271 e. The van der Waals surface area contributed by atoms with Gasteiger partial charge >= 0.3 is 0 Å². The zero-order chi connectivity index (χ0) is 20.8. The second-order valence-corrected chi connectivity index (χ2v) is 7.60. The van der Waals surface area contributed by atoms with Crippen molar-refractivity contribution in [3.05, 3.63) is 97.7 Å². The molecule has 3 rings (SSSR count). The molecule has 0 fully saturated rings. The van der Waals surface area contributed by atoms with Crippen LogP contribution < -0.4 is 10.2 Å². The Morgan fingerprint density at radius 3 is 2.55 bits per heavy atom. The Labute approximate surface area is 185 Å². The van der Waals surface area contributed by atoms with Crippen molar-refractivity contribution >= 4 is 51.3 Å². The van der Waals surface area contributed by atoms with E-state index in [9.17, 15) is 9.18 Å². The molecule has 3 aromatic carbocycles. The highest BCUT2D eigenvalue weighted by Gasteiger charge is 2.11. The molecule has 0 aliphatic rings. The van der Waals surface area contributed by atoms with Crippen molar-refractivity contribution < 1.29 is 13.9 Å². The van der Waals surface area contributed by atoms with E-state index in [-0.39, 0.29) is 18.3 Å². The van der Waals surface area contributed by atoms with Crippen molar-refractivity contribution in [2.75, 3.05) is 0 Å². The minimum Gasteiger partial charge on any atom is -0.486 e. The minimum absolute atomic E-state index is 0.0373. The smallest absolute Gasteiger partial charge is 0.271 e. The number of nitrogens with one attached hydrogen (secondary N) is 1. The molecule has 0 spiro atoms. The van der Waals surface area contributed by atoms with Crippen LogP contribution in [0.3, 0.4) is 0 Å². The molecule has 3 aromatic rings. The molecule has 0 saturated heterocycles. The third-order valence-corrected chi connectivity index (χ3v) is 4.96. The normalized spacial score (nSPS) is 10.9. The average Bonchev–Trinajstić information content (AvgIpc) is 2.69. The van der Waals surface area contributed by atoms with Gasteiger partial charge in [-0.25, -0.2) is 9.82 Å². The minimum atomic E-state index is -0.368. The van der Waals surface area contributed by atoms with Gasteiger partial charge in [0.2, 0.25) is 0 Å². The van der Waals surface area contributed by atoms with Gasteiger partial charge in [0.15, 0.2) is 5.75 Å². The van der Waals surface area contributed by atoms with Gasteiger partial charge < -0.3 is 4.74 Å². The first-order valence-corrected chi connectivity index (χ1v) is 9.93. The van der Waals surface area contributed by atoms with Crippen LogP contribution >= 0.6 is 39.1 Å². The number of hydrazone groups is 1. The molecule has 4 nitrogen and oxygen atoms in total. The first-order chi connectivity index (χ1) is 13.9. The fraction of sp³-hybridized carbons (Fsp3) is 0.0476. The SMILES string of the molecule is O=C(N/N=C\c1cc(Cl)c(OCc2ccccc2F)c(Br)c1)c1ccc(Cl)cc1. The van der Waals surface area contributed by atoms with E-state index in [1.165, 1.54) is 12.3 Å². The van der Waals surface area contributed by atoms with Crippen LogP contribution in [-0.2, 0) is 6.61 Å². The van der Waals surface area contributed by atoms with Crippen molar-refractivity contribution in [1.29, 1.82) is 0 Å². The number of carbonyl (C=O) groups excluding carboxylic acids is 1. The highest BCUT2D eigenvalue weighted by molar-refractivity contribution is 9.10. The van der Waals surface area contributed by atoms with Gasteiger partial charge in [0.05, 0.1) is 15.7 Å². The summed E-state index contributed by atoms with van der Waals surface area (Å²) in [4.78, 5) is 12.0. The van der Waals surface area contributed by atoms with E-state index in [1.54, 1.807) is 54.6 Å². The lowest BCUT2D eigenvalue weighted by Crippen LogP contribution is -2.17. The van der Waals surface area contributed by atoms with Gasteiger partial charge in [0.1, 0.15) is 12.4 Å². The first kappa shape index (κ1) is 21.3. The van der Waals surface area contributed by atoms with Crippen LogP contribution in [-0.4, -0.2) is 12.1 Å². The van der Waals surface area contributed by atoms with Crippen LogP contribution in [0.15, 0.2) is 70.2 Å². The predicted octanol–water partition coefficient (Wildman–Crippen LogP) is 6.24. The number of hydrogen-bond acceptors (Lipinski definition) is 3. The lowest BCUT2D eigenvalue weighted by molar-refractivity contribution is 0.0955. The second kappa shape index (κ2) is 9.87. The van der Waals surface area contributed by atoms with Crippen LogP contribution in [0.5, 0.6) is 5.75 Å². The van der Waals surface area contributed by atoms with Crippen molar-refractivity contribution in [1.82, 2.24) is 5.43 Å². The fourth-order valence-electron chi connectivity index (χ4n) is 2.39. The standard InChI is InChI=1S/C21H14BrCl2FN2O2/c22-17-9-13(11-26-27-21(28)14-5-7-16(23)8-6-14)10-18(24)20(17)29-12-15-3-1-2-4-19(15)25/h1-11H,12H2,(H,27,28)/b26-11-. The van der Waals surface area contributed by atoms with Gasteiger partial charge in [-0.1, -0.05) is 41.4 Å². The Hall–Kier alpha value is -2.41. The largest absolute Gasteiger partial charge is 0.486 e. The number of hydrogen-bond donors (Lipinski definition) is 1. The zero-order valence-electron chi connectivity index (χ0n) is 14.8. The summed E-state index contributed by atoms with van der Waals surface area (Å²) in [5.41, 5.74) is 3.92. The molecule has 0 atom stereocenters. The van der Waals surface area contributed by atoms with Crippen LogP contribution in [0.4, 0.5) is 4.39 Å². The van der Waals surface area contributed by atoms with E-state index in [0.717, 1.165) is 0 Å². The Morgan fingerprint density at radius 1 is 1.14 bits per heavy atom. The molecular formula is C21H14BrCl2FN2O2. The number of halogens is 4. The number of benzene rings is 3. The Balaban J connectivity index is 1.65. The molecule has 0 bridgehead atoms. The molecular weight excluding hydrogens is 482 g/mol. The second-order valence-electron chi connectivity index (χ2n) is 5.90. The van der Waals surface area contributed by atoms with Crippen LogP contribution in [0.25, 0.3) is 0 Å². The van der Waals surface area contributed by atoms with Gasteiger partial charge in [0, 0.05) is 16.1 Å². The van der Waals surface area contributed by atoms with Crippen LogP contribution in [0, 0.1) is 5.82 Å². The lowest BCUT2D eigenvalue weighted by atomic mass is 10.2. The molecule has 0 heterocycles. The number of amides is 1. The number of nitrogens with zero attached hydrogens (tertiary/aromatic N) is 1. The Bertz CT molecular complexity index is 1040. The number of rotatable bonds is 6. The van der Waals surface area contributed by atoms with Gasteiger partial charge in [-0.2, -0.15) is 5.10 Å². The molecule has 29 heavy (non-hydrogen) atoms. The molecule has 1 N–H and O–H groups in total. The van der Waals surface area contributed by atoms with Crippen LogP contribution in [0.2, 0.25) is 10.0 Å². The maximum atomic E-state index is 13.7. The summed E-state index contributed by atoms with van der Waals surface area (Å²) in [6.45, 7) is 0.0373. The van der Waals surface area contributed by atoms with Crippen molar-refractivity contribution in [3.63, 3.8) is 0 Å². The van der Waals surface area contributed by atoms with Crippen molar-refractivity contribution in [3.8, 4) is 5.75 Å². The highest BCUT2D eigenvalue weighted by Crippen LogP contribution is 2.34. The van der Waals surface area contributed by atoms with Gasteiger partial charge in [-0.3, -0.25) is 4.79 Å². The van der Waals surface area contributed by atoms with E-state index in [2.05, 4.69) is 26.5 Å². The van der Waals surface area contributed by atoms with Crippen molar-refractivity contribution in [2.45, 2.75) is 6.61 Å². The Morgan fingerprint density at radius 2 is 1.86 bits per heavy atom. The predicted molar refractivity (Wildman–Crippen MR) is 116 cm³/mol. The maximum absolute atomic E-state index is 13.7. The molecule has 0 aliphatic carbocycles. The molecule has 0 aliphatic heterocycles. The monoisotopic (exact) mass is 494 g/mol. The number of carbonyl (C=O) groups is 1. The molecule has 1 amide bonds. The highest BCUT2D eigenvalue weighted by atomic mass is 79.9. The Kier molecular flexibility index (Phi) is 7.25. The first-order valence-electron chi connectivity index (χ1n) is 8.38. The van der Waals surface area contributed by atoms with Gasteiger partial charge in [-0.15, -0.1) is 0 Å². The quantitative estimate of drug-likeness (QED) is 0.325. The molecule has 0 radical (unpaired) electrons. The van der Waals surface area contributed by atoms with E-state index < -0.39 is 0 Å². The third kappa shape index (κ3) is 5.79. The lowest BCUT2D eigenvalue weighted by Gasteiger charge is -2.11. The van der Waals surface area contributed by atoms with Gasteiger partial charge in [-0.05, 0) is 64.0 Å². The number of ether oxygens (including phenoxy) is 1. The summed E-state index contributed by atoms with van der Waals surface area (Å²) in [7, 11) is 0. The van der Waals surface area contributed by atoms with E-state index in [4.69, 9.17) is 27.9 Å². The average molecular weight is 496 g/mol. The van der Waals surface area contributed by atoms with E-state index in [0.29, 0.717) is 37.0 Å². The van der Waals surface area contributed by atoms with Gasteiger partial charge in [0.25, 0.3) is 5.91 Å².